The van der Waals surface area contributed by atoms with E-state index in [1.54, 1.807) is 18.2 Å². The first-order valence-electron chi connectivity index (χ1n) is 4.65. The highest BCUT2D eigenvalue weighted by molar-refractivity contribution is 7.17. The molecular formula is C11H8ClNO3S. The molecule has 17 heavy (non-hydrogen) atoms. The summed E-state index contributed by atoms with van der Waals surface area (Å²) >= 11 is 7.02. The Morgan fingerprint density at radius 1 is 1.53 bits per heavy atom. The first-order chi connectivity index (χ1) is 8.11. The second-order valence-electron chi connectivity index (χ2n) is 3.18. The van der Waals surface area contributed by atoms with Crippen LogP contribution in [0.3, 0.4) is 0 Å². The van der Waals surface area contributed by atoms with Crippen molar-refractivity contribution in [2.75, 3.05) is 7.11 Å². The van der Waals surface area contributed by atoms with E-state index in [1.807, 2.05) is 0 Å². The molecule has 2 heterocycles. The smallest absolute Gasteiger partial charge is 0.345 e. The number of pyridine rings is 1. The number of hydrogen-bond acceptors (Lipinski definition) is 4. The van der Waals surface area contributed by atoms with E-state index < -0.39 is 5.97 Å². The van der Waals surface area contributed by atoms with Crippen molar-refractivity contribution in [3.63, 3.8) is 0 Å². The van der Waals surface area contributed by atoms with E-state index in [1.165, 1.54) is 13.3 Å². The highest BCUT2D eigenvalue weighted by atomic mass is 35.5. The fraction of sp³-hybridized carbons (Fsp3) is 0.0909. The van der Waals surface area contributed by atoms with Gasteiger partial charge in [0.2, 0.25) is 5.88 Å². The predicted octanol–water partition coefficient (Wildman–Crippen LogP) is 3.17. The van der Waals surface area contributed by atoms with E-state index in [9.17, 15) is 4.79 Å². The highest BCUT2D eigenvalue weighted by Crippen LogP contribution is 2.35. The van der Waals surface area contributed by atoms with Gasteiger partial charge in [-0.05, 0) is 18.2 Å². The average molecular weight is 270 g/mol. The predicted molar refractivity (Wildman–Crippen MR) is 66.1 cm³/mol. The minimum atomic E-state index is -0.949. The van der Waals surface area contributed by atoms with E-state index >= 15 is 0 Å². The molecule has 0 spiro atoms. The molecule has 2 aromatic heterocycles. The number of carbonyl (C=O) groups is 1. The Morgan fingerprint density at radius 2 is 2.29 bits per heavy atom. The zero-order chi connectivity index (χ0) is 12.4. The van der Waals surface area contributed by atoms with E-state index in [-0.39, 0.29) is 4.88 Å². The minimum absolute atomic E-state index is 0.266. The molecule has 0 saturated heterocycles. The molecule has 0 fully saturated rings. The number of thiophene rings is 1. The number of hydrogen-bond donors (Lipinski definition) is 1. The largest absolute Gasteiger partial charge is 0.481 e. The Hall–Kier alpha value is -1.59. The minimum Gasteiger partial charge on any atom is -0.481 e. The Bertz CT molecular complexity index is 568. The van der Waals surface area contributed by atoms with Gasteiger partial charge in [0.05, 0.1) is 17.7 Å². The number of nitrogens with zero attached hydrogens (tertiary/aromatic N) is 1. The molecule has 0 saturated carbocycles. The van der Waals surface area contributed by atoms with Crippen LogP contribution >= 0.6 is 22.9 Å². The van der Waals surface area contributed by atoms with Gasteiger partial charge in [-0.25, -0.2) is 9.78 Å². The molecule has 0 aliphatic rings. The van der Waals surface area contributed by atoms with Gasteiger partial charge in [0, 0.05) is 11.1 Å². The molecule has 0 aliphatic carbocycles. The van der Waals surface area contributed by atoms with Gasteiger partial charge in [-0.2, -0.15) is 0 Å². The topological polar surface area (TPSA) is 59.4 Å². The Kier molecular flexibility index (Phi) is 3.31. The van der Waals surface area contributed by atoms with Crippen molar-refractivity contribution >= 4 is 28.9 Å². The number of aromatic nitrogens is 1. The van der Waals surface area contributed by atoms with E-state index in [2.05, 4.69) is 4.98 Å². The highest BCUT2D eigenvalue weighted by Gasteiger charge is 2.13. The Balaban J connectivity index is 2.51. The molecule has 0 aromatic carbocycles. The molecule has 0 bridgehead atoms. The van der Waals surface area contributed by atoms with Crippen molar-refractivity contribution < 1.29 is 14.6 Å². The van der Waals surface area contributed by atoms with Crippen LogP contribution in [0.1, 0.15) is 9.67 Å². The molecular weight excluding hydrogens is 262 g/mol. The van der Waals surface area contributed by atoms with Gasteiger partial charge < -0.3 is 9.84 Å². The van der Waals surface area contributed by atoms with Crippen LogP contribution in [0.25, 0.3) is 10.4 Å². The van der Waals surface area contributed by atoms with Gasteiger partial charge in [0.1, 0.15) is 4.88 Å². The molecule has 0 aliphatic heterocycles. The fourth-order valence-electron chi connectivity index (χ4n) is 1.36. The molecule has 6 heteroatoms. The number of ether oxygens (including phenoxy) is 1. The summed E-state index contributed by atoms with van der Waals surface area (Å²) in [6.07, 6.45) is 1.48. The second kappa shape index (κ2) is 4.73. The average Bonchev–Trinajstić information content (AvgIpc) is 2.78. The first kappa shape index (κ1) is 11.9. The van der Waals surface area contributed by atoms with Crippen molar-refractivity contribution in [1.29, 1.82) is 0 Å². The third-order valence-electron chi connectivity index (χ3n) is 2.09. The molecule has 2 rings (SSSR count). The van der Waals surface area contributed by atoms with Crippen LogP contribution < -0.4 is 4.74 Å². The molecule has 0 atom stereocenters. The Morgan fingerprint density at radius 3 is 2.88 bits per heavy atom. The van der Waals surface area contributed by atoms with E-state index in [0.717, 1.165) is 16.2 Å². The van der Waals surface area contributed by atoms with Gasteiger partial charge in [0.25, 0.3) is 0 Å². The molecule has 4 nitrogen and oxygen atoms in total. The zero-order valence-corrected chi connectivity index (χ0v) is 10.4. The summed E-state index contributed by atoms with van der Waals surface area (Å²) in [5.74, 6) is -0.525. The summed E-state index contributed by atoms with van der Waals surface area (Å²) in [5.41, 5.74) is 0.692. The number of methoxy groups -OCH3 is 1. The first-order valence-corrected chi connectivity index (χ1v) is 5.84. The molecule has 88 valence electrons. The van der Waals surface area contributed by atoms with Gasteiger partial charge >= 0.3 is 5.97 Å². The standard InChI is InChI=1S/C11H8ClNO3S/c1-16-10-7(4-6(12)5-13-10)8-2-3-9(17-8)11(14)15/h2-5H,1H3,(H,14,15). The van der Waals surface area contributed by atoms with E-state index in [0.29, 0.717) is 16.5 Å². The number of carboxylic acid groups (broad SMARTS) is 1. The van der Waals surface area contributed by atoms with Crippen LogP contribution in [0, 0.1) is 0 Å². The monoisotopic (exact) mass is 269 g/mol. The molecule has 0 radical (unpaired) electrons. The number of carboxylic acids is 1. The normalized spacial score (nSPS) is 10.2. The molecule has 0 unspecified atom stereocenters. The van der Waals surface area contributed by atoms with Gasteiger partial charge in [-0.15, -0.1) is 11.3 Å². The maximum absolute atomic E-state index is 10.8. The molecule has 2 aromatic rings. The lowest BCUT2D eigenvalue weighted by atomic mass is 10.2. The summed E-state index contributed by atoms with van der Waals surface area (Å²) in [6.45, 7) is 0. The maximum Gasteiger partial charge on any atom is 0.345 e. The number of halogens is 1. The van der Waals surface area contributed by atoms with Gasteiger partial charge in [-0.3, -0.25) is 0 Å². The van der Waals surface area contributed by atoms with Crippen LogP contribution in [0.2, 0.25) is 5.02 Å². The zero-order valence-electron chi connectivity index (χ0n) is 8.81. The molecule has 1 N–H and O–H groups in total. The lowest BCUT2D eigenvalue weighted by Gasteiger charge is -2.05. The number of rotatable bonds is 3. The lowest BCUT2D eigenvalue weighted by Crippen LogP contribution is -1.90. The summed E-state index contributed by atoms with van der Waals surface area (Å²) in [5, 5.41) is 9.34. The third-order valence-corrected chi connectivity index (χ3v) is 3.41. The van der Waals surface area contributed by atoms with Gasteiger partial charge in [0.15, 0.2) is 0 Å². The summed E-state index contributed by atoms with van der Waals surface area (Å²) in [7, 11) is 1.51. The third kappa shape index (κ3) is 2.40. The van der Waals surface area contributed by atoms with E-state index in [4.69, 9.17) is 21.4 Å². The van der Waals surface area contributed by atoms with Crippen LogP contribution in [0.5, 0.6) is 5.88 Å². The van der Waals surface area contributed by atoms with Crippen LogP contribution in [-0.4, -0.2) is 23.2 Å². The number of aromatic carboxylic acids is 1. The summed E-state index contributed by atoms with van der Waals surface area (Å²) in [4.78, 5) is 15.9. The SMILES string of the molecule is COc1ncc(Cl)cc1-c1ccc(C(=O)O)s1. The fourth-order valence-corrected chi connectivity index (χ4v) is 2.37. The Labute approximate surface area is 106 Å². The summed E-state index contributed by atoms with van der Waals surface area (Å²) in [6, 6.07) is 4.96. The quantitative estimate of drug-likeness (QED) is 0.930. The maximum atomic E-state index is 10.8. The second-order valence-corrected chi connectivity index (χ2v) is 4.70. The summed E-state index contributed by atoms with van der Waals surface area (Å²) < 4.78 is 5.11. The van der Waals surface area contributed by atoms with Crippen molar-refractivity contribution in [3.05, 3.63) is 34.3 Å². The van der Waals surface area contributed by atoms with Crippen LogP contribution in [0.4, 0.5) is 0 Å². The van der Waals surface area contributed by atoms with Crippen molar-refractivity contribution in [3.8, 4) is 16.3 Å². The molecule has 0 amide bonds. The van der Waals surface area contributed by atoms with Gasteiger partial charge in [-0.1, -0.05) is 11.6 Å². The van der Waals surface area contributed by atoms with Crippen LogP contribution in [0.15, 0.2) is 24.4 Å². The van der Waals surface area contributed by atoms with Crippen molar-refractivity contribution in [2.24, 2.45) is 0 Å². The van der Waals surface area contributed by atoms with Crippen molar-refractivity contribution in [2.45, 2.75) is 0 Å². The lowest BCUT2D eigenvalue weighted by molar-refractivity contribution is 0.0702. The van der Waals surface area contributed by atoms with Crippen molar-refractivity contribution in [1.82, 2.24) is 4.98 Å². The van der Waals surface area contributed by atoms with Crippen LogP contribution in [-0.2, 0) is 0 Å².